The summed E-state index contributed by atoms with van der Waals surface area (Å²) in [5, 5.41) is 11.0. The number of anilines is 2. The fourth-order valence-electron chi connectivity index (χ4n) is 2.99. The Kier molecular flexibility index (Phi) is 5.10. The number of ketones is 1. The number of hydrogen-bond donors (Lipinski definition) is 1. The van der Waals surface area contributed by atoms with Crippen molar-refractivity contribution in [3.05, 3.63) is 66.4 Å². The van der Waals surface area contributed by atoms with E-state index in [4.69, 9.17) is 0 Å². The summed E-state index contributed by atoms with van der Waals surface area (Å²) >= 11 is 0. The molecule has 0 amide bonds. The zero-order chi connectivity index (χ0) is 17.8. The van der Waals surface area contributed by atoms with Gasteiger partial charge in [-0.15, -0.1) is 0 Å². The number of carbonyl (C=O) groups excluding carboxylic acids is 1. The number of benzene rings is 2. The van der Waals surface area contributed by atoms with Gasteiger partial charge >= 0.3 is 0 Å². The van der Waals surface area contributed by atoms with Crippen molar-refractivity contribution >= 4 is 28.1 Å². The number of aliphatic hydroxyl groups is 1. The van der Waals surface area contributed by atoms with E-state index in [1.54, 1.807) is 6.20 Å². The highest BCUT2D eigenvalue weighted by molar-refractivity contribution is 6.11. The van der Waals surface area contributed by atoms with E-state index in [1.165, 1.54) is 0 Å². The zero-order valence-electron chi connectivity index (χ0n) is 14.5. The van der Waals surface area contributed by atoms with Crippen molar-refractivity contribution in [3.63, 3.8) is 0 Å². The van der Waals surface area contributed by atoms with Gasteiger partial charge in [-0.05, 0) is 23.4 Å². The summed E-state index contributed by atoms with van der Waals surface area (Å²) in [4.78, 5) is 18.8. The molecule has 2 aromatic carbocycles. The van der Waals surface area contributed by atoms with Crippen molar-refractivity contribution in [1.29, 1.82) is 0 Å². The lowest BCUT2D eigenvalue weighted by Crippen LogP contribution is -2.24. The number of aromatic nitrogens is 1. The summed E-state index contributed by atoms with van der Waals surface area (Å²) in [5.41, 5.74) is 1.52. The van der Waals surface area contributed by atoms with Gasteiger partial charge in [-0.1, -0.05) is 56.3 Å². The molecule has 1 aromatic heterocycles. The molecule has 4 heteroatoms. The summed E-state index contributed by atoms with van der Waals surface area (Å²) in [7, 11) is 0. The van der Waals surface area contributed by atoms with Crippen LogP contribution in [-0.2, 0) is 0 Å². The molecule has 0 fully saturated rings. The normalized spacial score (nSPS) is 11.0. The van der Waals surface area contributed by atoms with E-state index in [9.17, 15) is 9.90 Å². The molecule has 0 unspecified atom stereocenters. The lowest BCUT2D eigenvalue weighted by Gasteiger charge is -2.27. The maximum Gasteiger partial charge on any atom is 0.190 e. The molecule has 1 heterocycles. The van der Waals surface area contributed by atoms with E-state index >= 15 is 0 Å². The van der Waals surface area contributed by atoms with Gasteiger partial charge in [0.2, 0.25) is 0 Å². The second kappa shape index (κ2) is 7.45. The molecule has 0 radical (unpaired) electrons. The largest absolute Gasteiger partial charge is 0.388 e. The van der Waals surface area contributed by atoms with E-state index in [2.05, 4.69) is 35.9 Å². The van der Waals surface area contributed by atoms with Crippen LogP contribution in [0.25, 0.3) is 10.8 Å². The number of carbonyl (C=O) groups is 1. The quantitative estimate of drug-likeness (QED) is 0.686. The van der Waals surface area contributed by atoms with E-state index in [-0.39, 0.29) is 5.78 Å². The molecular weight excluding hydrogens is 312 g/mol. The first kappa shape index (κ1) is 17.1. The maximum atomic E-state index is 12.1. The van der Waals surface area contributed by atoms with Gasteiger partial charge in [-0.3, -0.25) is 4.79 Å². The predicted octanol–water partition coefficient (Wildman–Crippen LogP) is 4.20. The molecule has 3 rings (SSSR count). The third-order valence-electron chi connectivity index (χ3n) is 4.09. The van der Waals surface area contributed by atoms with Crippen molar-refractivity contribution in [3.8, 4) is 0 Å². The standard InChI is InChI=1S/C21H22N2O2/c1-15(2)13-23(16-8-4-3-5-9-16)21-18-11-7-6-10-17(18)19(12-22-21)20(25)14-24/h3-12,15,24H,13-14H2,1-2H3. The molecule has 25 heavy (non-hydrogen) atoms. The topological polar surface area (TPSA) is 53.4 Å². The average molecular weight is 334 g/mol. The van der Waals surface area contributed by atoms with Crippen LogP contribution in [0.1, 0.15) is 24.2 Å². The van der Waals surface area contributed by atoms with Crippen LogP contribution in [-0.4, -0.2) is 29.0 Å². The highest BCUT2D eigenvalue weighted by Crippen LogP contribution is 2.32. The molecular formula is C21H22N2O2. The van der Waals surface area contributed by atoms with Crippen LogP contribution in [0.2, 0.25) is 0 Å². The SMILES string of the molecule is CC(C)CN(c1ccccc1)c1ncc(C(=O)CO)c2ccccc12. The number of nitrogens with zero attached hydrogens (tertiary/aromatic N) is 2. The van der Waals surface area contributed by atoms with Crippen LogP contribution in [0.5, 0.6) is 0 Å². The van der Waals surface area contributed by atoms with Gasteiger partial charge < -0.3 is 10.0 Å². The molecule has 3 aromatic rings. The van der Waals surface area contributed by atoms with Gasteiger partial charge in [0.1, 0.15) is 12.4 Å². The molecule has 0 bridgehead atoms. The van der Waals surface area contributed by atoms with Gasteiger partial charge in [0.05, 0.1) is 0 Å². The Morgan fingerprint density at radius 3 is 2.32 bits per heavy atom. The molecule has 4 nitrogen and oxygen atoms in total. The minimum Gasteiger partial charge on any atom is -0.388 e. The van der Waals surface area contributed by atoms with Gasteiger partial charge in [0, 0.05) is 29.4 Å². The number of pyridine rings is 1. The van der Waals surface area contributed by atoms with Crippen LogP contribution in [0.15, 0.2) is 60.8 Å². The first-order valence-electron chi connectivity index (χ1n) is 8.46. The summed E-state index contributed by atoms with van der Waals surface area (Å²) in [5.74, 6) is 0.954. The monoisotopic (exact) mass is 334 g/mol. The van der Waals surface area contributed by atoms with Crippen LogP contribution in [0, 0.1) is 5.92 Å². The van der Waals surface area contributed by atoms with Crippen LogP contribution < -0.4 is 4.90 Å². The molecule has 0 aliphatic carbocycles. The van der Waals surface area contributed by atoms with Crippen molar-refractivity contribution < 1.29 is 9.90 Å². The van der Waals surface area contributed by atoms with Gasteiger partial charge in [0.15, 0.2) is 5.78 Å². The van der Waals surface area contributed by atoms with Crippen LogP contribution >= 0.6 is 0 Å². The van der Waals surface area contributed by atoms with Gasteiger partial charge in [-0.25, -0.2) is 4.98 Å². The fraction of sp³-hybridized carbons (Fsp3) is 0.238. The smallest absolute Gasteiger partial charge is 0.190 e. The Bertz CT molecular complexity index is 875. The van der Waals surface area contributed by atoms with E-state index < -0.39 is 6.61 Å². The average Bonchev–Trinajstić information content (AvgIpc) is 2.65. The van der Waals surface area contributed by atoms with Crippen LogP contribution in [0.3, 0.4) is 0 Å². The minimum absolute atomic E-state index is 0.314. The number of Topliss-reactive ketones (excluding diaryl/α,β-unsaturated/α-hetero) is 1. The fourth-order valence-corrected chi connectivity index (χ4v) is 2.99. The lowest BCUT2D eigenvalue weighted by molar-refractivity contribution is 0.0905. The highest BCUT2D eigenvalue weighted by atomic mass is 16.3. The zero-order valence-corrected chi connectivity index (χ0v) is 14.5. The Morgan fingerprint density at radius 2 is 1.68 bits per heavy atom. The first-order valence-corrected chi connectivity index (χ1v) is 8.46. The van der Waals surface area contributed by atoms with Crippen molar-refractivity contribution in [2.24, 2.45) is 5.92 Å². The second-order valence-electron chi connectivity index (χ2n) is 6.46. The second-order valence-corrected chi connectivity index (χ2v) is 6.46. The Labute approximate surface area is 147 Å². The first-order chi connectivity index (χ1) is 12.1. The number of para-hydroxylation sites is 1. The third kappa shape index (κ3) is 3.54. The molecule has 0 atom stereocenters. The number of aliphatic hydroxyl groups excluding tert-OH is 1. The van der Waals surface area contributed by atoms with E-state index in [1.807, 2.05) is 42.5 Å². The van der Waals surface area contributed by atoms with Crippen molar-refractivity contribution in [2.45, 2.75) is 13.8 Å². The number of rotatable bonds is 6. The summed E-state index contributed by atoms with van der Waals surface area (Å²) < 4.78 is 0. The van der Waals surface area contributed by atoms with Crippen molar-refractivity contribution in [2.75, 3.05) is 18.1 Å². The van der Waals surface area contributed by atoms with Gasteiger partial charge in [0.25, 0.3) is 0 Å². The predicted molar refractivity (Wildman–Crippen MR) is 101 cm³/mol. The Morgan fingerprint density at radius 1 is 1.04 bits per heavy atom. The Hall–Kier alpha value is -2.72. The minimum atomic E-state index is -0.514. The number of hydrogen-bond acceptors (Lipinski definition) is 4. The highest BCUT2D eigenvalue weighted by Gasteiger charge is 2.18. The third-order valence-corrected chi connectivity index (χ3v) is 4.09. The lowest BCUT2D eigenvalue weighted by atomic mass is 10.0. The molecule has 128 valence electrons. The molecule has 0 saturated carbocycles. The molecule has 0 aliphatic heterocycles. The van der Waals surface area contributed by atoms with E-state index in [0.717, 1.165) is 28.8 Å². The Balaban J connectivity index is 2.20. The van der Waals surface area contributed by atoms with Gasteiger partial charge in [-0.2, -0.15) is 0 Å². The van der Waals surface area contributed by atoms with E-state index in [0.29, 0.717) is 11.5 Å². The molecule has 0 saturated heterocycles. The maximum absolute atomic E-state index is 12.1. The molecule has 0 aliphatic rings. The molecule has 1 N–H and O–H groups in total. The summed E-state index contributed by atoms with van der Waals surface area (Å²) in [6.07, 6.45) is 1.58. The van der Waals surface area contributed by atoms with Crippen LogP contribution in [0.4, 0.5) is 11.5 Å². The molecule has 0 spiro atoms. The summed E-state index contributed by atoms with van der Waals surface area (Å²) in [6, 6.07) is 17.9. The van der Waals surface area contributed by atoms with Crippen molar-refractivity contribution in [1.82, 2.24) is 4.98 Å². The number of fused-ring (bicyclic) bond motifs is 1. The summed E-state index contributed by atoms with van der Waals surface area (Å²) in [6.45, 7) is 4.64.